The van der Waals surface area contributed by atoms with E-state index in [0.29, 0.717) is 23.6 Å². The second-order valence-corrected chi connectivity index (χ2v) is 7.31. The highest BCUT2D eigenvalue weighted by Crippen LogP contribution is 2.35. The van der Waals surface area contributed by atoms with Gasteiger partial charge in [-0.3, -0.25) is 0 Å². The molecule has 4 aromatic rings. The van der Waals surface area contributed by atoms with Crippen molar-refractivity contribution in [2.45, 2.75) is 13.3 Å². The van der Waals surface area contributed by atoms with Crippen LogP contribution in [0, 0.1) is 0 Å². The van der Waals surface area contributed by atoms with Crippen LogP contribution in [0.1, 0.15) is 28.4 Å². The van der Waals surface area contributed by atoms with Gasteiger partial charge in [-0.1, -0.05) is 54.1 Å². The minimum absolute atomic E-state index is 0.307. The van der Waals surface area contributed by atoms with Gasteiger partial charge in [-0.15, -0.1) is 0 Å². The number of carbonyl (C=O) groups excluding carboxylic acids is 1. The predicted molar refractivity (Wildman–Crippen MR) is 121 cm³/mol. The lowest BCUT2D eigenvalue weighted by Crippen LogP contribution is -2.06. The summed E-state index contributed by atoms with van der Waals surface area (Å²) < 4.78 is 10.5. The van der Waals surface area contributed by atoms with Crippen LogP contribution in [0.4, 0.5) is 0 Å². The van der Waals surface area contributed by atoms with Gasteiger partial charge in [0.15, 0.2) is 0 Å². The van der Waals surface area contributed by atoms with Crippen molar-refractivity contribution >= 4 is 28.5 Å². The molecule has 0 saturated heterocycles. The van der Waals surface area contributed by atoms with E-state index in [9.17, 15) is 4.79 Å². The zero-order chi connectivity index (χ0) is 21.1. The maximum absolute atomic E-state index is 12.3. The third-order valence-corrected chi connectivity index (χ3v) is 5.56. The van der Waals surface area contributed by atoms with Crippen molar-refractivity contribution in [3.63, 3.8) is 0 Å². The molecule has 5 heteroatoms. The van der Waals surface area contributed by atoms with Gasteiger partial charge in [0.2, 0.25) is 0 Å². The van der Waals surface area contributed by atoms with Gasteiger partial charge in [-0.05, 0) is 41.8 Å². The minimum atomic E-state index is -0.406. The van der Waals surface area contributed by atoms with Gasteiger partial charge in [0.05, 0.1) is 30.0 Å². The van der Waals surface area contributed by atoms with Crippen LogP contribution in [0.3, 0.4) is 0 Å². The van der Waals surface area contributed by atoms with Gasteiger partial charge in [-0.2, -0.15) is 0 Å². The molecule has 4 rings (SSSR count). The Labute approximate surface area is 180 Å². The Morgan fingerprint density at radius 1 is 1.03 bits per heavy atom. The van der Waals surface area contributed by atoms with E-state index in [1.807, 2.05) is 42.5 Å². The molecular weight excluding hydrogens is 398 g/mol. The normalized spacial score (nSPS) is 10.9. The number of hydrogen-bond donors (Lipinski definition) is 1. The van der Waals surface area contributed by atoms with E-state index in [2.05, 4.69) is 23.2 Å². The van der Waals surface area contributed by atoms with Gasteiger partial charge in [-0.25, -0.2) is 4.79 Å². The van der Waals surface area contributed by atoms with Crippen molar-refractivity contribution in [2.24, 2.45) is 0 Å². The molecule has 30 heavy (non-hydrogen) atoms. The van der Waals surface area contributed by atoms with E-state index in [1.54, 1.807) is 20.1 Å². The number of benzene rings is 3. The molecule has 0 spiro atoms. The van der Waals surface area contributed by atoms with E-state index in [4.69, 9.17) is 21.1 Å². The zero-order valence-corrected chi connectivity index (χ0v) is 17.6. The first-order chi connectivity index (χ1) is 14.6. The molecule has 152 valence electrons. The van der Waals surface area contributed by atoms with Crippen molar-refractivity contribution < 1.29 is 14.3 Å². The van der Waals surface area contributed by atoms with Crippen LogP contribution in [-0.2, 0) is 11.2 Å². The van der Waals surface area contributed by atoms with E-state index >= 15 is 0 Å². The number of halogens is 1. The summed E-state index contributed by atoms with van der Waals surface area (Å²) in [5.74, 6) is 0.383. The molecule has 0 aliphatic rings. The van der Waals surface area contributed by atoms with E-state index in [-0.39, 0.29) is 0 Å². The smallest absolute Gasteiger partial charge is 0.339 e. The average Bonchev–Trinajstić information content (AvgIpc) is 3.13. The number of carbonyl (C=O) groups is 1. The number of hydrogen-bond acceptors (Lipinski definition) is 3. The number of methoxy groups -OCH3 is 1. The van der Waals surface area contributed by atoms with Gasteiger partial charge < -0.3 is 14.5 Å². The quantitative estimate of drug-likeness (QED) is 0.375. The number of nitrogens with one attached hydrogen (secondary N) is 1. The molecule has 0 fully saturated rings. The van der Waals surface area contributed by atoms with Gasteiger partial charge in [0, 0.05) is 23.4 Å². The highest BCUT2D eigenvalue weighted by Gasteiger charge is 2.19. The predicted octanol–water partition coefficient (Wildman–Crippen LogP) is 6.26. The SMILES string of the molecule is CCOC(=O)c1cccc(Cc2c(-c3ccccc3)[nH]c3cc(OC)ccc23)c1Cl. The summed E-state index contributed by atoms with van der Waals surface area (Å²) in [6.45, 7) is 2.09. The molecule has 0 bridgehead atoms. The van der Waals surface area contributed by atoms with Crippen LogP contribution >= 0.6 is 11.6 Å². The van der Waals surface area contributed by atoms with Crippen LogP contribution in [0.2, 0.25) is 5.02 Å². The number of esters is 1. The second kappa shape index (κ2) is 8.64. The lowest BCUT2D eigenvalue weighted by molar-refractivity contribution is 0.0526. The average molecular weight is 420 g/mol. The number of fused-ring (bicyclic) bond motifs is 1. The van der Waals surface area contributed by atoms with E-state index in [1.165, 1.54) is 0 Å². The van der Waals surface area contributed by atoms with Crippen molar-refractivity contribution in [1.82, 2.24) is 4.98 Å². The lowest BCUT2D eigenvalue weighted by Gasteiger charge is -2.11. The highest BCUT2D eigenvalue weighted by molar-refractivity contribution is 6.34. The molecule has 0 aliphatic carbocycles. The fourth-order valence-electron chi connectivity index (χ4n) is 3.67. The summed E-state index contributed by atoms with van der Waals surface area (Å²) in [4.78, 5) is 15.8. The number of rotatable bonds is 6. The van der Waals surface area contributed by atoms with Crippen LogP contribution in [-0.4, -0.2) is 24.7 Å². The molecule has 4 nitrogen and oxygen atoms in total. The third-order valence-electron chi connectivity index (χ3n) is 5.12. The topological polar surface area (TPSA) is 51.3 Å². The molecule has 0 aliphatic heterocycles. The van der Waals surface area contributed by atoms with Crippen molar-refractivity contribution in [2.75, 3.05) is 13.7 Å². The Bertz CT molecular complexity index is 1200. The molecule has 0 saturated carbocycles. The maximum Gasteiger partial charge on any atom is 0.339 e. The fraction of sp³-hybridized carbons (Fsp3) is 0.160. The van der Waals surface area contributed by atoms with E-state index in [0.717, 1.165) is 39.0 Å². The first kappa shape index (κ1) is 20.0. The summed E-state index contributed by atoms with van der Waals surface area (Å²) in [5.41, 5.74) is 5.47. The van der Waals surface area contributed by atoms with Crippen molar-refractivity contribution in [3.05, 3.63) is 88.4 Å². The number of H-pyrrole nitrogens is 1. The fourth-order valence-corrected chi connectivity index (χ4v) is 3.94. The Hall–Kier alpha value is -3.24. The zero-order valence-electron chi connectivity index (χ0n) is 16.9. The van der Waals surface area contributed by atoms with Gasteiger partial charge in [0.25, 0.3) is 0 Å². The summed E-state index contributed by atoms with van der Waals surface area (Å²) >= 11 is 6.62. The minimum Gasteiger partial charge on any atom is -0.497 e. The molecule has 3 aromatic carbocycles. The van der Waals surface area contributed by atoms with Crippen molar-refractivity contribution in [3.8, 4) is 17.0 Å². The molecule has 1 aromatic heterocycles. The first-order valence-corrected chi connectivity index (χ1v) is 10.2. The largest absolute Gasteiger partial charge is 0.497 e. The molecular formula is C25H22ClNO3. The summed E-state index contributed by atoms with van der Waals surface area (Å²) in [6.07, 6.45) is 0.572. The highest BCUT2D eigenvalue weighted by atomic mass is 35.5. The van der Waals surface area contributed by atoms with Gasteiger partial charge in [0.1, 0.15) is 5.75 Å². The Morgan fingerprint density at radius 3 is 2.57 bits per heavy atom. The van der Waals surface area contributed by atoms with Gasteiger partial charge >= 0.3 is 5.97 Å². The standard InChI is InChI=1S/C25H22ClNO3/c1-3-30-25(28)20-11-7-10-17(23(20)26)14-21-19-13-12-18(29-2)15-22(19)27-24(21)16-8-5-4-6-9-16/h4-13,15,27H,3,14H2,1-2H3. The van der Waals surface area contributed by atoms with Crippen molar-refractivity contribution in [1.29, 1.82) is 0 Å². The summed E-state index contributed by atoms with van der Waals surface area (Å²) in [7, 11) is 1.66. The maximum atomic E-state index is 12.3. The summed E-state index contributed by atoms with van der Waals surface area (Å²) in [6, 6.07) is 21.6. The second-order valence-electron chi connectivity index (χ2n) is 6.93. The number of aromatic amines is 1. The van der Waals surface area contributed by atoms with Crippen LogP contribution < -0.4 is 4.74 Å². The molecule has 0 atom stereocenters. The third kappa shape index (κ3) is 3.79. The molecule has 0 radical (unpaired) electrons. The molecule has 0 amide bonds. The number of aromatic nitrogens is 1. The van der Waals surface area contributed by atoms with Crippen LogP contribution in [0.15, 0.2) is 66.7 Å². The number of ether oxygens (including phenoxy) is 2. The Morgan fingerprint density at radius 2 is 1.83 bits per heavy atom. The molecule has 1 N–H and O–H groups in total. The lowest BCUT2D eigenvalue weighted by atomic mass is 9.97. The first-order valence-electron chi connectivity index (χ1n) is 9.81. The van der Waals surface area contributed by atoms with E-state index < -0.39 is 5.97 Å². The van der Waals surface area contributed by atoms with Crippen LogP contribution in [0.5, 0.6) is 5.75 Å². The summed E-state index contributed by atoms with van der Waals surface area (Å²) in [5, 5.41) is 1.52. The van der Waals surface area contributed by atoms with Crippen LogP contribution in [0.25, 0.3) is 22.2 Å². The Balaban J connectivity index is 1.85. The molecule has 1 heterocycles. The monoisotopic (exact) mass is 419 g/mol. The molecule has 0 unspecified atom stereocenters. The Kier molecular flexibility index (Phi) is 5.77.